The molecule has 0 radical (unpaired) electrons. The van der Waals surface area contributed by atoms with Gasteiger partial charge in [0.2, 0.25) is 10.0 Å². The van der Waals surface area contributed by atoms with Crippen molar-refractivity contribution in [2.45, 2.75) is 30.2 Å². The third kappa shape index (κ3) is 7.89. The minimum Gasteiger partial charge on any atom is -0.505 e. The van der Waals surface area contributed by atoms with Gasteiger partial charge < -0.3 is 24.6 Å². The first kappa shape index (κ1) is 42.5. The molecular weight excluding hydrogens is 830 g/mol. The molecule has 0 spiro atoms. The second kappa shape index (κ2) is 16.6. The van der Waals surface area contributed by atoms with Gasteiger partial charge in [-0.1, -0.05) is 43.6 Å². The van der Waals surface area contributed by atoms with Gasteiger partial charge in [0.25, 0.3) is 27.8 Å². The zero-order valence-corrected chi connectivity index (χ0v) is 34.4. The van der Waals surface area contributed by atoms with Crippen molar-refractivity contribution < 1.29 is 55.1 Å². The number of azo groups is 1. The van der Waals surface area contributed by atoms with Crippen LogP contribution in [0.5, 0.6) is 23.0 Å². The second-order valence-electron chi connectivity index (χ2n) is 12.7. The molecule has 0 saturated carbocycles. The van der Waals surface area contributed by atoms with Crippen LogP contribution in [0.4, 0.5) is 17.1 Å². The van der Waals surface area contributed by atoms with Gasteiger partial charge in [0, 0.05) is 24.5 Å². The fraction of sp³-hybridized carbons (Fsp3) is 0.205. The molecule has 0 saturated heterocycles. The molecule has 0 aromatic heterocycles. The first-order valence-corrected chi connectivity index (χ1v) is 20.8. The molecule has 1 aliphatic heterocycles. The fourth-order valence-corrected chi connectivity index (χ4v) is 8.81. The number of rotatable bonds is 14. The lowest BCUT2D eigenvalue weighted by molar-refractivity contribution is 0.0640. The van der Waals surface area contributed by atoms with E-state index >= 15 is 0 Å². The highest BCUT2D eigenvalue weighted by Crippen LogP contribution is 2.46. The number of fused-ring (bicyclic) bond motifs is 2. The number of hydrogen-bond acceptors (Lipinski definition) is 13. The largest absolute Gasteiger partial charge is 0.505 e. The van der Waals surface area contributed by atoms with Crippen molar-refractivity contribution in [1.82, 2.24) is 9.21 Å². The minimum absolute atomic E-state index is 0.0136. The van der Waals surface area contributed by atoms with Crippen molar-refractivity contribution in [3.8, 4) is 23.0 Å². The Kier molecular flexibility index (Phi) is 12.0. The first-order chi connectivity index (χ1) is 28.0. The molecule has 3 N–H and O–H groups in total. The van der Waals surface area contributed by atoms with E-state index < -0.39 is 66.3 Å². The summed E-state index contributed by atoms with van der Waals surface area (Å²) in [5.41, 5.74) is -1.26. The molecule has 0 fully saturated rings. The Bertz CT molecular complexity index is 2780. The first-order valence-electron chi connectivity index (χ1n) is 17.6. The molecular formula is C39H36ClN5O12S2. The predicted molar refractivity (Wildman–Crippen MR) is 216 cm³/mol. The number of anilines is 1. The molecule has 0 aliphatic carbocycles. The van der Waals surface area contributed by atoms with Crippen molar-refractivity contribution in [2.24, 2.45) is 10.2 Å². The highest BCUT2D eigenvalue weighted by molar-refractivity contribution is 7.89. The van der Waals surface area contributed by atoms with Crippen molar-refractivity contribution in [1.29, 1.82) is 0 Å². The summed E-state index contributed by atoms with van der Waals surface area (Å²) in [4.78, 5) is 41.9. The van der Waals surface area contributed by atoms with E-state index in [1.807, 2.05) is 0 Å². The molecule has 20 heteroatoms. The van der Waals surface area contributed by atoms with Gasteiger partial charge in [0.15, 0.2) is 5.75 Å². The number of aromatic hydroxyl groups is 1. The Morgan fingerprint density at radius 1 is 0.797 bits per heavy atom. The summed E-state index contributed by atoms with van der Waals surface area (Å²) in [6.45, 7) is 3.03. The van der Waals surface area contributed by atoms with Crippen LogP contribution >= 0.6 is 11.6 Å². The number of amides is 3. The molecule has 0 unspecified atom stereocenters. The smallest absolute Gasteiger partial charge is 0.294 e. The van der Waals surface area contributed by atoms with E-state index in [2.05, 4.69) is 15.5 Å². The van der Waals surface area contributed by atoms with Crippen LogP contribution in [0, 0.1) is 0 Å². The summed E-state index contributed by atoms with van der Waals surface area (Å²) in [5.74, 6) is -3.06. The summed E-state index contributed by atoms with van der Waals surface area (Å²) in [6, 6.07) is 15.7. The number of nitrogens with one attached hydrogen (secondary N) is 1. The van der Waals surface area contributed by atoms with Crippen LogP contribution in [0.25, 0.3) is 10.8 Å². The normalized spacial score (nSPS) is 13.1. The number of carbonyl (C=O) groups is 3. The molecule has 0 atom stereocenters. The number of imide groups is 1. The molecule has 3 amide bonds. The summed E-state index contributed by atoms with van der Waals surface area (Å²) in [5, 5.41) is 23.1. The molecule has 1 heterocycles. The van der Waals surface area contributed by atoms with Crippen LogP contribution in [0.2, 0.25) is 5.02 Å². The monoisotopic (exact) mass is 865 g/mol. The molecule has 6 rings (SSSR count). The SMILES string of the molecule is CCN(CC)S(=O)(=O)c1ccc(OC)c(N=Nc2c(O)c(C(=O)Nc3cc(Cl)c(OC)cc3OC)c(CN3C(=O)c4ccccc4C3=O)c3cc(S(=O)(=O)O)ccc23)c1. The standard InChI is InChI=1S/C39H36ClN5O12S2/c1-6-44(7-2)58(50,51)21-13-15-31(55-3)30(17-21)42-43-35-23-14-12-22(59(52,53)54)16-26(23)27(20-45-38(48)24-10-8-9-11-25(24)39(45)49)34(36(35)46)37(47)41-29-18-28(40)32(56-4)19-33(29)57-5/h8-19,46H,6-7,20H2,1-5H3,(H,41,47)(H,52,53,54). The number of carbonyl (C=O) groups excluding carboxylic acids is 3. The number of benzene rings is 5. The zero-order chi connectivity index (χ0) is 43.0. The van der Waals surface area contributed by atoms with Crippen LogP contribution in [-0.2, 0) is 26.7 Å². The Morgan fingerprint density at radius 3 is 1.98 bits per heavy atom. The number of phenols is 1. The molecule has 5 aromatic carbocycles. The summed E-state index contributed by atoms with van der Waals surface area (Å²) in [6.07, 6.45) is 0. The fourth-order valence-electron chi connectivity index (χ4n) is 6.58. The van der Waals surface area contributed by atoms with Crippen LogP contribution in [0.15, 0.2) is 92.8 Å². The van der Waals surface area contributed by atoms with E-state index in [4.69, 9.17) is 25.8 Å². The number of sulfonamides is 1. The van der Waals surface area contributed by atoms with E-state index in [1.54, 1.807) is 26.0 Å². The van der Waals surface area contributed by atoms with Crippen molar-refractivity contribution in [3.63, 3.8) is 0 Å². The summed E-state index contributed by atoms with van der Waals surface area (Å²) >= 11 is 6.38. The van der Waals surface area contributed by atoms with Crippen molar-refractivity contribution in [3.05, 3.63) is 100 Å². The maximum atomic E-state index is 14.6. The third-order valence-corrected chi connectivity index (χ3v) is 12.7. The third-order valence-electron chi connectivity index (χ3n) is 9.53. The van der Waals surface area contributed by atoms with Crippen LogP contribution < -0.4 is 19.5 Å². The topological polar surface area (TPSA) is 231 Å². The number of nitrogens with zero attached hydrogens (tertiary/aromatic N) is 4. The van der Waals surface area contributed by atoms with Crippen LogP contribution in [0.3, 0.4) is 0 Å². The van der Waals surface area contributed by atoms with E-state index in [0.717, 1.165) is 17.0 Å². The summed E-state index contributed by atoms with van der Waals surface area (Å²) < 4.78 is 79.3. The van der Waals surface area contributed by atoms with Gasteiger partial charge >= 0.3 is 0 Å². The van der Waals surface area contributed by atoms with Gasteiger partial charge in [-0.15, -0.1) is 10.2 Å². The quantitative estimate of drug-likeness (QED) is 0.0584. The average Bonchev–Trinajstić information content (AvgIpc) is 3.45. The van der Waals surface area contributed by atoms with E-state index in [1.165, 1.54) is 74.2 Å². The number of methoxy groups -OCH3 is 3. The van der Waals surface area contributed by atoms with Gasteiger partial charge in [-0.05, 0) is 59.5 Å². The van der Waals surface area contributed by atoms with Gasteiger partial charge in [0.1, 0.15) is 28.6 Å². The zero-order valence-electron chi connectivity index (χ0n) is 32.0. The second-order valence-corrected chi connectivity index (χ2v) is 16.5. The Morgan fingerprint density at radius 2 is 1.41 bits per heavy atom. The Labute approximate surface area is 343 Å². The highest BCUT2D eigenvalue weighted by Gasteiger charge is 2.37. The number of ether oxygens (including phenoxy) is 3. The lowest BCUT2D eigenvalue weighted by Gasteiger charge is -2.22. The van der Waals surface area contributed by atoms with E-state index in [-0.39, 0.29) is 79.1 Å². The van der Waals surface area contributed by atoms with Gasteiger partial charge in [-0.25, -0.2) is 8.42 Å². The highest BCUT2D eigenvalue weighted by atomic mass is 35.5. The molecule has 0 bridgehead atoms. The molecule has 59 heavy (non-hydrogen) atoms. The van der Waals surface area contributed by atoms with Gasteiger partial charge in [-0.2, -0.15) is 12.7 Å². The Hall–Kier alpha value is -6.12. The molecule has 1 aliphatic rings. The molecule has 17 nitrogen and oxygen atoms in total. The van der Waals surface area contributed by atoms with Crippen LogP contribution in [0.1, 0.15) is 50.5 Å². The van der Waals surface area contributed by atoms with E-state index in [0.29, 0.717) is 0 Å². The van der Waals surface area contributed by atoms with Crippen molar-refractivity contribution in [2.75, 3.05) is 39.7 Å². The number of hydrogen-bond donors (Lipinski definition) is 3. The maximum absolute atomic E-state index is 14.6. The average molecular weight is 866 g/mol. The Balaban J connectivity index is 1.63. The number of halogens is 1. The van der Waals surface area contributed by atoms with Gasteiger partial charge in [0.05, 0.1) is 65.1 Å². The molecule has 5 aromatic rings. The van der Waals surface area contributed by atoms with Crippen molar-refractivity contribution >= 4 is 77.3 Å². The van der Waals surface area contributed by atoms with Gasteiger partial charge in [-0.3, -0.25) is 23.8 Å². The molecule has 308 valence electrons. The van der Waals surface area contributed by atoms with Crippen LogP contribution in [-0.4, -0.2) is 87.8 Å². The van der Waals surface area contributed by atoms with E-state index in [9.17, 15) is 40.9 Å². The number of phenolic OH excluding ortho intramolecular Hbond substituents is 1. The minimum atomic E-state index is -4.91. The maximum Gasteiger partial charge on any atom is 0.294 e. The summed E-state index contributed by atoms with van der Waals surface area (Å²) in [7, 11) is -4.91. The lowest BCUT2D eigenvalue weighted by atomic mass is 9.94. The lowest BCUT2D eigenvalue weighted by Crippen LogP contribution is -2.30. The predicted octanol–water partition coefficient (Wildman–Crippen LogP) is 6.97.